The van der Waals surface area contributed by atoms with E-state index in [2.05, 4.69) is 25.5 Å². The predicted octanol–water partition coefficient (Wildman–Crippen LogP) is 3.28. The lowest BCUT2D eigenvalue weighted by Gasteiger charge is -1.99. The van der Waals surface area contributed by atoms with Crippen molar-refractivity contribution < 1.29 is 14.3 Å². The van der Waals surface area contributed by atoms with Crippen LogP contribution in [0, 0.1) is 0 Å². The molecule has 136 valence electrons. The van der Waals surface area contributed by atoms with E-state index in [4.69, 9.17) is 11.6 Å². The Hall–Kier alpha value is -3.45. The smallest absolute Gasteiger partial charge is 0.337 e. The molecule has 0 aliphatic rings. The first-order chi connectivity index (χ1) is 13.1. The Kier molecular flexibility index (Phi) is 5.63. The molecule has 3 aromatic rings. The third-order valence-electron chi connectivity index (χ3n) is 3.67. The summed E-state index contributed by atoms with van der Waals surface area (Å²) in [6, 6.07) is 15.4. The summed E-state index contributed by atoms with van der Waals surface area (Å²) in [5, 5.41) is 11.3. The monoisotopic (exact) mass is 382 g/mol. The summed E-state index contributed by atoms with van der Waals surface area (Å²) in [6.45, 7) is 0. The second kappa shape index (κ2) is 8.29. The number of hydrogen-bond donors (Lipinski definition) is 2. The molecule has 0 aliphatic heterocycles. The van der Waals surface area contributed by atoms with Crippen LogP contribution in [0.5, 0.6) is 0 Å². The van der Waals surface area contributed by atoms with Crippen molar-refractivity contribution in [3.8, 4) is 11.3 Å². The molecule has 0 aliphatic carbocycles. The summed E-state index contributed by atoms with van der Waals surface area (Å²) in [4.78, 5) is 23.5. The third kappa shape index (κ3) is 4.59. The number of rotatable bonds is 5. The van der Waals surface area contributed by atoms with E-state index in [0.717, 1.165) is 11.1 Å². The Morgan fingerprint density at radius 3 is 2.52 bits per heavy atom. The molecule has 0 fully saturated rings. The van der Waals surface area contributed by atoms with Crippen molar-refractivity contribution in [1.82, 2.24) is 15.6 Å². The van der Waals surface area contributed by atoms with Gasteiger partial charge in [-0.2, -0.15) is 10.2 Å². The van der Waals surface area contributed by atoms with Crippen LogP contribution in [0.1, 0.15) is 26.4 Å². The van der Waals surface area contributed by atoms with Crippen molar-refractivity contribution >= 4 is 29.7 Å². The van der Waals surface area contributed by atoms with E-state index >= 15 is 0 Å². The number of nitrogens with one attached hydrogen (secondary N) is 2. The van der Waals surface area contributed by atoms with Crippen LogP contribution in [0.2, 0.25) is 5.02 Å². The van der Waals surface area contributed by atoms with Crippen molar-refractivity contribution in [3.63, 3.8) is 0 Å². The molecule has 0 saturated heterocycles. The van der Waals surface area contributed by atoms with Gasteiger partial charge in [0.05, 0.1) is 24.6 Å². The van der Waals surface area contributed by atoms with Crippen molar-refractivity contribution in [2.75, 3.05) is 7.11 Å². The molecule has 1 heterocycles. The number of esters is 1. The number of ether oxygens (including phenoxy) is 1. The van der Waals surface area contributed by atoms with Crippen molar-refractivity contribution in [1.29, 1.82) is 0 Å². The highest BCUT2D eigenvalue weighted by Crippen LogP contribution is 2.20. The molecule has 3 rings (SSSR count). The maximum Gasteiger partial charge on any atom is 0.337 e. The van der Waals surface area contributed by atoms with Crippen LogP contribution in [0.15, 0.2) is 59.7 Å². The van der Waals surface area contributed by atoms with Gasteiger partial charge in [-0.1, -0.05) is 35.9 Å². The molecular weight excluding hydrogens is 368 g/mol. The van der Waals surface area contributed by atoms with Crippen molar-refractivity contribution in [2.45, 2.75) is 0 Å². The number of methoxy groups -OCH3 is 1. The van der Waals surface area contributed by atoms with Gasteiger partial charge in [0.25, 0.3) is 5.91 Å². The molecule has 8 heteroatoms. The molecule has 1 aromatic heterocycles. The molecule has 0 unspecified atom stereocenters. The van der Waals surface area contributed by atoms with Crippen molar-refractivity contribution in [2.24, 2.45) is 5.10 Å². The summed E-state index contributed by atoms with van der Waals surface area (Å²) >= 11 is 5.86. The summed E-state index contributed by atoms with van der Waals surface area (Å²) in [5.74, 6) is -0.840. The molecule has 27 heavy (non-hydrogen) atoms. The number of halogens is 1. The van der Waals surface area contributed by atoms with E-state index in [0.29, 0.717) is 16.3 Å². The summed E-state index contributed by atoms with van der Waals surface area (Å²) < 4.78 is 4.63. The lowest BCUT2D eigenvalue weighted by Crippen LogP contribution is -2.18. The first-order valence-electron chi connectivity index (χ1n) is 7.90. The zero-order valence-corrected chi connectivity index (χ0v) is 15.0. The summed E-state index contributed by atoms with van der Waals surface area (Å²) in [6.07, 6.45) is 1.47. The largest absolute Gasteiger partial charge is 0.465 e. The first kappa shape index (κ1) is 18.3. The highest BCUT2D eigenvalue weighted by atomic mass is 35.5. The van der Waals surface area contributed by atoms with E-state index in [-0.39, 0.29) is 5.69 Å². The number of H-pyrrole nitrogens is 1. The third-order valence-corrected chi connectivity index (χ3v) is 3.93. The van der Waals surface area contributed by atoms with E-state index in [1.54, 1.807) is 42.5 Å². The minimum Gasteiger partial charge on any atom is -0.465 e. The van der Waals surface area contributed by atoms with Gasteiger partial charge in [0, 0.05) is 10.6 Å². The number of aromatic nitrogens is 2. The lowest BCUT2D eigenvalue weighted by molar-refractivity contribution is 0.0600. The van der Waals surface area contributed by atoms with Gasteiger partial charge >= 0.3 is 5.97 Å². The second-order valence-corrected chi connectivity index (χ2v) is 5.92. The quantitative estimate of drug-likeness (QED) is 0.402. The normalized spacial score (nSPS) is 10.7. The molecule has 0 radical (unpaired) electrons. The van der Waals surface area contributed by atoms with Crippen molar-refractivity contribution in [3.05, 3.63) is 76.4 Å². The molecular formula is C19H15ClN4O3. The molecule has 0 saturated carbocycles. The number of hydrazone groups is 1. The van der Waals surface area contributed by atoms with Gasteiger partial charge < -0.3 is 4.74 Å². The second-order valence-electron chi connectivity index (χ2n) is 5.49. The topological polar surface area (TPSA) is 96.4 Å². The first-order valence-corrected chi connectivity index (χ1v) is 8.28. The van der Waals surface area contributed by atoms with Crippen LogP contribution in [-0.2, 0) is 4.74 Å². The van der Waals surface area contributed by atoms with Crippen LogP contribution in [0.25, 0.3) is 11.3 Å². The Balaban J connectivity index is 1.61. The number of nitrogens with zero attached hydrogens (tertiary/aromatic N) is 2. The van der Waals surface area contributed by atoms with Crippen LogP contribution < -0.4 is 5.43 Å². The molecule has 0 bridgehead atoms. The van der Waals surface area contributed by atoms with Gasteiger partial charge in [0.2, 0.25) is 0 Å². The molecule has 0 spiro atoms. The fraction of sp³-hybridized carbons (Fsp3) is 0.0526. The van der Waals surface area contributed by atoms with Crippen LogP contribution >= 0.6 is 11.6 Å². The van der Waals surface area contributed by atoms with Gasteiger partial charge in [-0.3, -0.25) is 9.89 Å². The highest BCUT2D eigenvalue weighted by molar-refractivity contribution is 6.30. The zero-order valence-electron chi connectivity index (χ0n) is 14.3. The van der Waals surface area contributed by atoms with Crippen LogP contribution in [0.3, 0.4) is 0 Å². The summed E-state index contributed by atoms with van der Waals surface area (Å²) in [5.41, 5.74) is 5.31. The number of carbonyl (C=O) groups excluding carboxylic acids is 2. The molecule has 2 aromatic carbocycles. The van der Waals surface area contributed by atoms with E-state index < -0.39 is 11.9 Å². The molecule has 2 N–H and O–H groups in total. The highest BCUT2D eigenvalue weighted by Gasteiger charge is 2.10. The minimum atomic E-state index is -0.426. The number of carbonyl (C=O) groups is 2. The average Bonchev–Trinajstić information content (AvgIpc) is 3.19. The number of benzene rings is 2. The lowest BCUT2D eigenvalue weighted by atomic mass is 10.1. The molecule has 0 atom stereocenters. The average molecular weight is 383 g/mol. The van der Waals surface area contributed by atoms with Crippen LogP contribution in [0.4, 0.5) is 0 Å². The summed E-state index contributed by atoms with van der Waals surface area (Å²) in [7, 11) is 1.32. The minimum absolute atomic E-state index is 0.276. The standard InChI is InChI=1S/C19H15ClN4O3/c1-27-19(26)14-4-2-12(3-5-14)11-21-24-18(25)17-10-16(22-23-17)13-6-8-15(20)9-7-13/h2-11H,1H3,(H,22,23)(H,24,25)/b21-11-. The van der Waals surface area contributed by atoms with Gasteiger partial charge in [-0.25, -0.2) is 10.2 Å². The van der Waals surface area contributed by atoms with Gasteiger partial charge in [-0.05, 0) is 35.9 Å². The maximum absolute atomic E-state index is 12.1. The van der Waals surface area contributed by atoms with Crippen LogP contribution in [-0.4, -0.2) is 35.4 Å². The maximum atomic E-state index is 12.1. The van der Waals surface area contributed by atoms with Gasteiger partial charge in [-0.15, -0.1) is 0 Å². The Bertz CT molecular complexity index is 979. The van der Waals surface area contributed by atoms with E-state index in [1.165, 1.54) is 13.3 Å². The van der Waals surface area contributed by atoms with Gasteiger partial charge in [0.15, 0.2) is 0 Å². The number of hydrogen-bond acceptors (Lipinski definition) is 5. The number of amides is 1. The molecule has 7 nitrogen and oxygen atoms in total. The SMILES string of the molecule is COC(=O)c1ccc(/C=N\NC(=O)c2cc(-c3ccc(Cl)cc3)n[nH]2)cc1. The number of aromatic amines is 1. The Morgan fingerprint density at radius 1 is 1.15 bits per heavy atom. The van der Waals surface area contributed by atoms with E-state index in [1.807, 2.05) is 12.1 Å². The Morgan fingerprint density at radius 2 is 1.85 bits per heavy atom. The molecule has 1 amide bonds. The van der Waals surface area contributed by atoms with E-state index in [9.17, 15) is 9.59 Å². The fourth-order valence-electron chi connectivity index (χ4n) is 2.26. The zero-order chi connectivity index (χ0) is 19.2. The predicted molar refractivity (Wildman–Crippen MR) is 102 cm³/mol. The Labute approximate surface area is 160 Å². The fourth-order valence-corrected chi connectivity index (χ4v) is 2.38. The van der Waals surface area contributed by atoms with Gasteiger partial charge in [0.1, 0.15) is 5.69 Å².